The van der Waals surface area contributed by atoms with Crippen LogP contribution >= 0.6 is 15.9 Å². The quantitative estimate of drug-likeness (QED) is 0.381. The summed E-state index contributed by atoms with van der Waals surface area (Å²) >= 11 is 3.46. The Morgan fingerprint density at radius 3 is 2.55 bits per heavy atom. The minimum absolute atomic E-state index is 0.0570. The third kappa shape index (κ3) is 4.73. The third-order valence-corrected chi connectivity index (χ3v) is 6.27. The summed E-state index contributed by atoms with van der Waals surface area (Å²) in [5, 5.41) is 9.65. The third-order valence-electron chi connectivity index (χ3n) is 5.78. The molecule has 33 heavy (non-hydrogen) atoms. The number of aliphatic carboxylic acids is 1. The van der Waals surface area contributed by atoms with Gasteiger partial charge in [0.15, 0.2) is 0 Å². The molecule has 8 heteroatoms. The maximum atomic E-state index is 15.4. The number of carboxylic acid groups (broad SMARTS) is 1. The molecule has 0 fully saturated rings. The van der Waals surface area contributed by atoms with Crippen molar-refractivity contribution in [2.24, 2.45) is 0 Å². The van der Waals surface area contributed by atoms with Gasteiger partial charge in [0.25, 0.3) is 0 Å². The molecule has 174 valence electrons. The zero-order valence-electron chi connectivity index (χ0n) is 18.3. The van der Waals surface area contributed by atoms with Crippen LogP contribution in [0, 0.1) is 11.6 Å². The highest BCUT2D eigenvalue weighted by atomic mass is 79.9. The number of carboxylic acids is 1. The molecule has 1 aromatic heterocycles. The summed E-state index contributed by atoms with van der Waals surface area (Å²) in [6.45, 7) is 4.69. The molecule has 0 unspecified atom stereocenters. The van der Waals surface area contributed by atoms with E-state index in [0.717, 1.165) is 39.7 Å². The number of halogens is 4. The van der Waals surface area contributed by atoms with E-state index in [0.29, 0.717) is 17.8 Å². The highest BCUT2D eigenvalue weighted by molar-refractivity contribution is 9.10. The first-order valence-corrected chi connectivity index (χ1v) is 11.3. The maximum absolute atomic E-state index is 15.4. The first-order valence-electron chi connectivity index (χ1n) is 10.5. The van der Waals surface area contributed by atoms with Crippen LogP contribution in [0.5, 0.6) is 0 Å². The van der Waals surface area contributed by atoms with Crippen LogP contribution in [-0.2, 0) is 11.2 Å². The van der Waals surface area contributed by atoms with Gasteiger partial charge in [-0.3, -0.25) is 4.90 Å². The molecule has 0 radical (unpaired) electrons. The Labute approximate surface area is 197 Å². The van der Waals surface area contributed by atoms with Crippen molar-refractivity contribution in [1.29, 1.82) is 0 Å². The summed E-state index contributed by atoms with van der Waals surface area (Å²) in [6, 6.07) is 6.47. The highest BCUT2D eigenvalue weighted by Crippen LogP contribution is 2.45. The molecule has 0 saturated carbocycles. The molecular weight excluding hydrogens is 499 g/mol. The lowest BCUT2D eigenvalue weighted by molar-refractivity contribution is -0.131. The second-order valence-electron chi connectivity index (χ2n) is 9.00. The van der Waals surface area contributed by atoms with Gasteiger partial charge in [-0.05, 0) is 69.2 Å². The lowest BCUT2D eigenvalue weighted by atomic mass is 9.87. The molecule has 1 aliphatic rings. The predicted octanol–water partition coefficient (Wildman–Crippen LogP) is 6.66. The summed E-state index contributed by atoms with van der Waals surface area (Å²) < 4.78 is 52.5. The molecule has 0 spiro atoms. The van der Waals surface area contributed by atoms with Crippen molar-refractivity contribution >= 4 is 38.9 Å². The minimum Gasteiger partial charge on any atom is -0.478 e. The minimum atomic E-state index is -1.61. The zero-order chi connectivity index (χ0) is 24.1. The molecule has 2 heterocycles. The number of nitrogens with zero attached hydrogens (tertiary/aromatic N) is 1. The van der Waals surface area contributed by atoms with Gasteiger partial charge in [-0.2, -0.15) is 0 Å². The lowest BCUT2D eigenvalue weighted by Gasteiger charge is -2.42. The summed E-state index contributed by atoms with van der Waals surface area (Å²) in [5.74, 6) is -2.55. The second kappa shape index (κ2) is 8.65. The monoisotopic (exact) mass is 521 g/mol. The molecule has 0 bridgehead atoms. The van der Waals surface area contributed by atoms with Crippen molar-refractivity contribution in [3.63, 3.8) is 0 Å². The Morgan fingerprint density at radius 1 is 1.27 bits per heavy atom. The Balaban J connectivity index is 1.93. The fraction of sp³-hybridized carbons (Fsp3) is 0.320. The van der Waals surface area contributed by atoms with E-state index in [4.69, 9.17) is 9.52 Å². The largest absolute Gasteiger partial charge is 0.478 e. The fourth-order valence-corrected chi connectivity index (χ4v) is 4.86. The number of fused-ring (bicyclic) bond motifs is 3. The van der Waals surface area contributed by atoms with Crippen LogP contribution < -0.4 is 0 Å². The lowest BCUT2D eigenvalue weighted by Crippen LogP contribution is -2.48. The molecule has 2 aromatic carbocycles. The van der Waals surface area contributed by atoms with E-state index in [9.17, 15) is 9.18 Å². The number of benzene rings is 2. The van der Waals surface area contributed by atoms with Crippen LogP contribution in [0.3, 0.4) is 0 Å². The zero-order valence-corrected chi connectivity index (χ0v) is 19.9. The molecule has 0 amide bonds. The molecule has 4 rings (SSSR count). The number of carbonyl (C=O) groups is 1. The van der Waals surface area contributed by atoms with Crippen molar-refractivity contribution in [3.8, 4) is 0 Å². The topological polar surface area (TPSA) is 53.7 Å². The summed E-state index contributed by atoms with van der Waals surface area (Å²) in [7, 11) is 0. The fourth-order valence-electron chi connectivity index (χ4n) is 4.50. The Hall–Kier alpha value is -2.58. The van der Waals surface area contributed by atoms with E-state index in [1.807, 2.05) is 19.1 Å². The van der Waals surface area contributed by atoms with Gasteiger partial charge >= 0.3 is 5.97 Å². The molecule has 4 nitrogen and oxygen atoms in total. The molecule has 1 aliphatic heterocycles. The maximum Gasteiger partial charge on any atom is 0.328 e. The van der Waals surface area contributed by atoms with Crippen molar-refractivity contribution < 1.29 is 27.5 Å². The van der Waals surface area contributed by atoms with Crippen LogP contribution in [0.25, 0.3) is 17.0 Å². The van der Waals surface area contributed by atoms with E-state index in [1.165, 1.54) is 13.8 Å². The number of rotatable bonds is 5. The van der Waals surface area contributed by atoms with Gasteiger partial charge in [0.05, 0.1) is 0 Å². The standard InChI is InChI=1S/C25H23BrF3NO3/c1-13-8-17-16-11-15(26)5-6-20(16)33-24(17)23(30(13)12-25(2,3)29)22-18(27)9-14(10-19(22)28)4-7-21(31)32/h4-7,9-11,13,23H,8,12H2,1-3H3,(H,31,32)/b7-4+/t13-,23-/m0/s1. The number of furan rings is 1. The van der Waals surface area contributed by atoms with Gasteiger partial charge in [-0.25, -0.2) is 18.0 Å². The van der Waals surface area contributed by atoms with Crippen LogP contribution in [0.2, 0.25) is 0 Å². The summed E-state index contributed by atoms with van der Waals surface area (Å²) in [4.78, 5) is 12.5. The number of hydrogen-bond donors (Lipinski definition) is 1. The van der Waals surface area contributed by atoms with Crippen molar-refractivity contribution in [2.75, 3.05) is 6.54 Å². The summed E-state index contributed by atoms with van der Waals surface area (Å²) in [6.07, 6.45) is 2.46. The van der Waals surface area contributed by atoms with Crippen LogP contribution in [-0.4, -0.2) is 34.2 Å². The van der Waals surface area contributed by atoms with Crippen molar-refractivity contribution in [3.05, 3.63) is 75.0 Å². The molecular formula is C25H23BrF3NO3. The van der Waals surface area contributed by atoms with Crippen LogP contribution in [0.15, 0.2) is 45.3 Å². The van der Waals surface area contributed by atoms with E-state index in [1.54, 1.807) is 11.0 Å². The van der Waals surface area contributed by atoms with E-state index >= 15 is 8.78 Å². The normalized spacial score (nSPS) is 19.4. The molecule has 0 saturated heterocycles. The van der Waals surface area contributed by atoms with Gasteiger partial charge in [0.1, 0.15) is 34.7 Å². The van der Waals surface area contributed by atoms with Crippen LogP contribution in [0.1, 0.15) is 49.3 Å². The van der Waals surface area contributed by atoms with Gasteiger partial charge < -0.3 is 9.52 Å². The highest BCUT2D eigenvalue weighted by Gasteiger charge is 2.42. The molecule has 0 aliphatic carbocycles. The average Bonchev–Trinajstić information content (AvgIpc) is 3.04. The Bertz CT molecular complexity index is 1240. The Morgan fingerprint density at radius 2 is 1.94 bits per heavy atom. The molecule has 2 atom stereocenters. The van der Waals surface area contributed by atoms with E-state index in [-0.39, 0.29) is 23.7 Å². The van der Waals surface area contributed by atoms with Gasteiger partial charge in [0, 0.05) is 39.6 Å². The Kier molecular flexibility index (Phi) is 6.18. The van der Waals surface area contributed by atoms with Crippen LogP contribution in [0.4, 0.5) is 13.2 Å². The van der Waals surface area contributed by atoms with Crippen molar-refractivity contribution in [1.82, 2.24) is 4.90 Å². The van der Waals surface area contributed by atoms with Gasteiger partial charge in [-0.1, -0.05) is 15.9 Å². The van der Waals surface area contributed by atoms with E-state index < -0.39 is 29.3 Å². The molecule has 1 N–H and O–H groups in total. The molecule has 3 aromatic rings. The first kappa shape index (κ1) is 23.6. The second-order valence-corrected chi connectivity index (χ2v) is 9.92. The first-order chi connectivity index (χ1) is 15.4. The van der Waals surface area contributed by atoms with Crippen molar-refractivity contribution in [2.45, 2.75) is 44.9 Å². The van der Waals surface area contributed by atoms with Gasteiger partial charge in [0.2, 0.25) is 0 Å². The number of hydrogen-bond acceptors (Lipinski definition) is 3. The van der Waals surface area contributed by atoms with Gasteiger partial charge in [-0.15, -0.1) is 0 Å². The average molecular weight is 522 g/mol. The number of alkyl halides is 1. The SMILES string of the molecule is C[C@H]1Cc2c(oc3ccc(Br)cc23)[C@H](c2c(F)cc(/C=C/C(=O)O)cc2F)N1CC(C)(C)F. The van der Waals surface area contributed by atoms with E-state index in [2.05, 4.69) is 15.9 Å². The smallest absolute Gasteiger partial charge is 0.328 e. The predicted molar refractivity (Wildman–Crippen MR) is 124 cm³/mol. The summed E-state index contributed by atoms with van der Waals surface area (Å²) in [5.41, 5.74) is -0.367.